The molecule has 0 spiro atoms. The quantitative estimate of drug-likeness (QED) is 0.777. The van der Waals surface area contributed by atoms with Crippen molar-refractivity contribution in [2.24, 2.45) is 23.7 Å². The first-order chi connectivity index (χ1) is 12.0. The van der Waals surface area contributed by atoms with E-state index in [1.54, 1.807) is 0 Å². The fraction of sp³-hybridized carbons (Fsp3) is 0.905. The smallest absolute Gasteiger partial charge is 0.226 e. The summed E-state index contributed by atoms with van der Waals surface area (Å²) in [4.78, 5) is 15.8. The largest absolute Gasteiger partial charge is 0.376 e. The molecule has 1 aliphatic heterocycles. The van der Waals surface area contributed by atoms with Crippen LogP contribution in [0, 0.1) is 35.0 Å². The minimum Gasteiger partial charge on any atom is -0.376 e. The molecule has 0 radical (unpaired) electrons. The molecule has 5 aliphatic rings. The SMILES string of the molecule is CC1CC(C(=O)N(CCC#N)C23CC4CC(CC(C4)C2)C3)CC(C)O1. The summed E-state index contributed by atoms with van der Waals surface area (Å²) in [5.74, 6) is 2.84. The topological polar surface area (TPSA) is 53.3 Å². The summed E-state index contributed by atoms with van der Waals surface area (Å²) in [7, 11) is 0. The third-order valence-corrected chi connectivity index (χ3v) is 7.34. The normalized spacial score (nSPS) is 45.2. The van der Waals surface area contributed by atoms with Crippen molar-refractivity contribution in [1.29, 1.82) is 5.26 Å². The maximum absolute atomic E-state index is 13.6. The van der Waals surface area contributed by atoms with Gasteiger partial charge in [0.05, 0.1) is 24.7 Å². The molecule has 25 heavy (non-hydrogen) atoms. The molecule has 4 aliphatic carbocycles. The van der Waals surface area contributed by atoms with E-state index in [-0.39, 0.29) is 23.7 Å². The van der Waals surface area contributed by atoms with Gasteiger partial charge < -0.3 is 9.64 Å². The zero-order valence-corrected chi connectivity index (χ0v) is 15.7. The second-order valence-electron chi connectivity index (χ2n) is 9.47. The molecule has 0 aromatic heterocycles. The highest BCUT2D eigenvalue weighted by atomic mass is 16.5. The van der Waals surface area contributed by atoms with Crippen molar-refractivity contribution in [2.45, 2.75) is 89.4 Å². The number of nitrogens with zero attached hydrogens (tertiary/aromatic N) is 2. The Balaban J connectivity index is 1.58. The van der Waals surface area contributed by atoms with Gasteiger partial charge in [0.2, 0.25) is 5.91 Å². The number of rotatable bonds is 4. The predicted molar refractivity (Wildman–Crippen MR) is 95.6 cm³/mol. The molecule has 0 N–H and O–H groups in total. The van der Waals surface area contributed by atoms with Gasteiger partial charge in [-0.25, -0.2) is 0 Å². The number of nitriles is 1. The van der Waals surface area contributed by atoms with Crippen LogP contribution in [0.1, 0.15) is 71.6 Å². The molecule has 4 bridgehead atoms. The summed E-state index contributed by atoms with van der Waals surface area (Å²) in [6.45, 7) is 4.79. The van der Waals surface area contributed by atoms with Gasteiger partial charge >= 0.3 is 0 Å². The number of ether oxygens (including phenoxy) is 1. The Morgan fingerprint density at radius 1 is 1.04 bits per heavy atom. The Labute approximate surface area is 151 Å². The van der Waals surface area contributed by atoms with E-state index in [0.717, 1.165) is 30.6 Å². The van der Waals surface area contributed by atoms with Gasteiger partial charge in [-0.2, -0.15) is 5.26 Å². The van der Waals surface area contributed by atoms with E-state index in [4.69, 9.17) is 10.00 Å². The highest BCUT2D eigenvalue weighted by Crippen LogP contribution is 2.58. The lowest BCUT2D eigenvalue weighted by molar-refractivity contribution is -0.161. The Hall–Kier alpha value is -1.08. The minimum absolute atomic E-state index is 0.0630. The first-order valence-electron chi connectivity index (χ1n) is 10.3. The van der Waals surface area contributed by atoms with E-state index >= 15 is 0 Å². The van der Waals surface area contributed by atoms with E-state index in [1.807, 2.05) is 0 Å². The average molecular weight is 344 g/mol. The number of hydrogen-bond donors (Lipinski definition) is 0. The fourth-order valence-corrected chi connectivity index (χ4v) is 6.97. The number of carbonyl (C=O) groups excluding carboxylic acids is 1. The van der Waals surface area contributed by atoms with Gasteiger partial charge in [0.25, 0.3) is 0 Å². The van der Waals surface area contributed by atoms with Crippen LogP contribution >= 0.6 is 0 Å². The van der Waals surface area contributed by atoms with Crippen LogP contribution in [0.2, 0.25) is 0 Å². The van der Waals surface area contributed by atoms with Crippen LogP contribution in [0.3, 0.4) is 0 Å². The van der Waals surface area contributed by atoms with Crippen molar-refractivity contribution in [3.63, 3.8) is 0 Å². The lowest BCUT2D eigenvalue weighted by Crippen LogP contribution is -2.63. The van der Waals surface area contributed by atoms with Gasteiger partial charge in [-0.05, 0) is 83.0 Å². The molecule has 4 heteroatoms. The first-order valence-corrected chi connectivity index (χ1v) is 10.3. The monoisotopic (exact) mass is 344 g/mol. The number of carbonyl (C=O) groups is 1. The molecular weight excluding hydrogens is 312 g/mol. The molecule has 2 unspecified atom stereocenters. The molecule has 1 amide bonds. The molecule has 1 saturated heterocycles. The maximum atomic E-state index is 13.6. The van der Waals surface area contributed by atoms with E-state index in [1.165, 1.54) is 38.5 Å². The summed E-state index contributed by atoms with van der Waals surface area (Å²) in [5.41, 5.74) is 0.0630. The van der Waals surface area contributed by atoms with Crippen molar-refractivity contribution >= 4 is 5.91 Å². The van der Waals surface area contributed by atoms with Crippen LogP contribution in [-0.4, -0.2) is 35.1 Å². The maximum Gasteiger partial charge on any atom is 0.226 e. The molecule has 4 nitrogen and oxygen atoms in total. The third-order valence-electron chi connectivity index (χ3n) is 7.34. The van der Waals surface area contributed by atoms with Crippen LogP contribution < -0.4 is 0 Å². The molecule has 4 saturated carbocycles. The van der Waals surface area contributed by atoms with Crippen LogP contribution in [0.15, 0.2) is 0 Å². The Morgan fingerprint density at radius 2 is 1.56 bits per heavy atom. The van der Waals surface area contributed by atoms with Crippen LogP contribution in [0.5, 0.6) is 0 Å². The molecule has 138 valence electrons. The zero-order valence-electron chi connectivity index (χ0n) is 15.7. The average Bonchev–Trinajstić information content (AvgIpc) is 2.52. The summed E-state index contributed by atoms with van der Waals surface area (Å²) in [6.07, 6.45) is 10.1. The molecule has 5 rings (SSSR count). The summed E-state index contributed by atoms with van der Waals surface area (Å²) in [6, 6.07) is 2.29. The van der Waals surface area contributed by atoms with Crippen LogP contribution in [0.25, 0.3) is 0 Å². The van der Waals surface area contributed by atoms with Gasteiger partial charge in [-0.1, -0.05) is 0 Å². The minimum atomic E-state index is 0.0630. The van der Waals surface area contributed by atoms with Gasteiger partial charge in [0.15, 0.2) is 0 Å². The van der Waals surface area contributed by atoms with E-state index in [0.29, 0.717) is 18.9 Å². The van der Waals surface area contributed by atoms with E-state index in [2.05, 4.69) is 24.8 Å². The second kappa shape index (κ2) is 6.58. The summed E-state index contributed by atoms with van der Waals surface area (Å²) >= 11 is 0. The second-order valence-corrected chi connectivity index (χ2v) is 9.47. The number of amides is 1. The van der Waals surface area contributed by atoms with E-state index in [9.17, 15) is 4.79 Å². The molecule has 5 fully saturated rings. The summed E-state index contributed by atoms with van der Waals surface area (Å²) < 4.78 is 5.85. The van der Waals surface area contributed by atoms with Crippen molar-refractivity contribution in [1.82, 2.24) is 4.90 Å². The molecule has 1 heterocycles. The first kappa shape index (κ1) is 17.3. The predicted octanol–water partition coefficient (Wildman–Crippen LogP) is 3.90. The van der Waals surface area contributed by atoms with Gasteiger partial charge in [-0.3, -0.25) is 4.79 Å². The van der Waals surface area contributed by atoms with Gasteiger partial charge in [0.1, 0.15) is 0 Å². The van der Waals surface area contributed by atoms with E-state index < -0.39 is 0 Å². The lowest BCUT2D eigenvalue weighted by Gasteiger charge is -2.61. The molecule has 0 aromatic rings. The highest BCUT2D eigenvalue weighted by molar-refractivity contribution is 5.80. The molecule has 0 aromatic carbocycles. The Morgan fingerprint density at radius 3 is 2.04 bits per heavy atom. The zero-order chi connectivity index (χ0) is 17.6. The van der Waals surface area contributed by atoms with Crippen LogP contribution in [-0.2, 0) is 9.53 Å². The number of hydrogen-bond acceptors (Lipinski definition) is 3. The highest BCUT2D eigenvalue weighted by Gasteiger charge is 2.55. The van der Waals surface area contributed by atoms with Crippen molar-refractivity contribution in [3.05, 3.63) is 0 Å². The Kier molecular flexibility index (Phi) is 4.56. The van der Waals surface area contributed by atoms with Crippen molar-refractivity contribution in [3.8, 4) is 6.07 Å². The van der Waals surface area contributed by atoms with Gasteiger partial charge in [0, 0.05) is 18.0 Å². The standard InChI is InChI=1S/C21H32N2O2/c1-14-6-19(7-15(2)25-14)20(24)23(5-3-4-22)21-11-16-8-17(12-21)10-18(9-16)13-21/h14-19H,3,5-13H2,1-2H3. The van der Waals surface area contributed by atoms with Gasteiger partial charge in [-0.15, -0.1) is 0 Å². The van der Waals surface area contributed by atoms with Crippen molar-refractivity contribution in [2.75, 3.05) is 6.54 Å². The van der Waals surface area contributed by atoms with Crippen LogP contribution in [0.4, 0.5) is 0 Å². The fourth-order valence-electron chi connectivity index (χ4n) is 6.97. The molecule has 2 atom stereocenters. The Bertz CT molecular complexity index is 521. The lowest BCUT2D eigenvalue weighted by atomic mass is 9.52. The third kappa shape index (κ3) is 3.21. The summed E-state index contributed by atoms with van der Waals surface area (Å²) in [5, 5.41) is 9.17. The van der Waals surface area contributed by atoms with Crippen molar-refractivity contribution < 1.29 is 9.53 Å². The molecular formula is C21H32N2O2.